The number of amides is 1. The number of oxazole rings is 1. The van der Waals surface area contributed by atoms with Crippen LogP contribution >= 0.6 is 0 Å². The van der Waals surface area contributed by atoms with Gasteiger partial charge >= 0.3 is 0 Å². The summed E-state index contributed by atoms with van der Waals surface area (Å²) in [6.45, 7) is 8.29. The molecule has 2 aromatic rings. The molecule has 0 radical (unpaired) electrons. The molecule has 3 N–H and O–H groups in total. The summed E-state index contributed by atoms with van der Waals surface area (Å²) >= 11 is 0. The number of rotatable bonds is 7. The zero-order chi connectivity index (χ0) is 17.9. The third kappa shape index (κ3) is 4.52. The number of hydrogen-bond donors (Lipinski definition) is 2. The first-order valence-electron chi connectivity index (χ1n) is 8.17. The summed E-state index contributed by atoms with van der Waals surface area (Å²) in [5.41, 5.74) is 7.15. The molecule has 0 aliphatic heterocycles. The fraction of sp³-hybridized carbons (Fsp3) is 0.471. The first-order chi connectivity index (χ1) is 11.2. The lowest BCUT2D eigenvalue weighted by Crippen LogP contribution is -2.50. The lowest BCUT2D eigenvalue weighted by Gasteiger charge is -2.22. The summed E-state index contributed by atoms with van der Waals surface area (Å²) in [7, 11) is -1.46. The van der Waals surface area contributed by atoms with E-state index in [1.54, 1.807) is 12.1 Å². The molecule has 1 aromatic carbocycles. The fourth-order valence-electron chi connectivity index (χ4n) is 2.51. The Balaban J connectivity index is 2.09. The van der Waals surface area contributed by atoms with Crippen LogP contribution in [0.3, 0.4) is 0 Å². The van der Waals surface area contributed by atoms with Crippen molar-refractivity contribution in [2.45, 2.75) is 51.1 Å². The first-order valence-corrected chi connectivity index (χ1v) is 11.9. The summed E-state index contributed by atoms with van der Waals surface area (Å²) in [6, 6.07) is 6.57. The largest absolute Gasteiger partial charge is 0.434 e. The van der Waals surface area contributed by atoms with Gasteiger partial charge in [-0.3, -0.25) is 9.59 Å². The van der Waals surface area contributed by atoms with E-state index >= 15 is 0 Å². The maximum absolute atomic E-state index is 12.6. The van der Waals surface area contributed by atoms with Crippen LogP contribution in [0.15, 0.2) is 28.7 Å². The molecule has 6 nitrogen and oxygen atoms in total. The first kappa shape index (κ1) is 18.3. The highest BCUT2D eigenvalue weighted by atomic mass is 28.3. The molecule has 7 heteroatoms. The number of nitrogens with zero attached hydrogens (tertiary/aromatic N) is 1. The van der Waals surface area contributed by atoms with Crippen LogP contribution in [0.4, 0.5) is 0 Å². The molecule has 24 heavy (non-hydrogen) atoms. The number of nitrogens with two attached hydrogens (primary N) is 1. The van der Waals surface area contributed by atoms with Gasteiger partial charge in [0.25, 0.3) is 5.89 Å². The number of benzene rings is 1. The Kier molecular flexibility index (Phi) is 5.56. The molecule has 0 saturated carbocycles. The van der Waals surface area contributed by atoms with E-state index in [0.717, 1.165) is 0 Å². The Morgan fingerprint density at radius 3 is 2.54 bits per heavy atom. The van der Waals surface area contributed by atoms with Crippen LogP contribution in [0.25, 0.3) is 11.1 Å². The van der Waals surface area contributed by atoms with Crippen LogP contribution in [0.2, 0.25) is 25.7 Å². The van der Waals surface area contributed by atoms with E-state index in [2.05, 4.69) is 29.9 Å². The third-order valence-electron chi connectivity index (χ3n) is 3.71. The smallest absolute Gasteiger partial charge is 0.266 e. The van der Waals surface area contributed by atoms with E-state index < -0.39 is 20.2 Å². The predicted molar refractivity (Wildman–Crippen MR) is 96.7 cm³/mol. The normalized spacial score (nSPS) is 14.4. The topological polar surface area (TPSA) is 98.2 Å². The van der Waals surface area contributed by atoms with E-state index in [1.807, 2.05) is 19.1 Å². The van der Waals surface area contributed by atoms with E-state index in [1.165, 1.54) is 0 Å². The number of aromatic nitrogens is 1. The van der Waals surface area contributed by atoms with Gasteiger partial charge in [-0.05, 0) is 24.6 Å². The number of carbonyl (C=O) groups is 2. The van der Waals surface area contributed by atoms with Gasteiger partial charge in [0.1, 0.15) is 5.52 Å². The molecule has 2 atom stereocenters. The highest BCUT2D eigenvalue weighted by Gasteiger charge is 2.28. The summed E-state index contributed by atoms with van der Waals surface area (Å²) in [6.07, 6.45) is 0.447. The van der Waals surface area contributed by atoms with Gasteiger partial charge in [-0.25, -0.2) is 4.98 Å². The second-order valence-corrected chi connectivity index (χ2v) is 12.7. The molecule has 0 bridgehead atoms. The zero-order valence-corrected chi connectivity index (χ0v) is 15.6. The molecular weight excluding hydrogens is 322 g/mol. The van der Waals surface area contributed by atoms with Crippen molar-refractivity contribution < 1.29 is 14.0 Å². The number of nitrogens with one attached hydrogen (secondary N) is 1. The monoisotopic (exact) mass is 347 g/mol. The Hall–Kier alpha value is -1.99. The lowest BCUT2D eigenvalue weighted by molar-refractivity contribution is -0.122. The van der Waals surface area contributed by atoms with Gasteiger partial charge in [0.2, 0.25) is 11.7 Å². The second kappa shape index (κ2) is 7.27. The van der Waals surface area contributed by atoms with Crippen LogP contribution in [0.5, 0.6) is 0 Å². The van der Waals surface area contributed by atoms with E-state index in [0.29, 0.717) is 23.6 Å². The molecule has 0 spiro atoms. The molecule has 0 unspecified atom stereocenters. The molecule has 2 rings (SSSR count). The number of para-hydroxylation sites is 2. The van der Waals surface area contributed by atoms with Crippen LogP contribution in [-0.4, -0.2) is 36.8 Å². The van der Waals surface area contributed by atoms with Gasteiger partial charge in [-0.1, -0.05) is 38.7 Å². The van der Waals surface area contributed by atoms with Crippen LogP contribution < -0.4 is 11.1 Å². The Morgan fingerprint density at radius 1 is 1.29 bits per heavy atom. The average Bonchev–Trinajstić information content (AvgIpc) is 2.94. The minimum atomic E-state index is -1.46. The number of Topliss-reactive ketones (excluding diaryl/α,β-unsaturated/α-hetero) is 1. The second-order valence-electron chi connectivity index (χ2n) is 7.19. The molecule has 1 amide bonds. The molecule has 1 aromatic heterocycles. The van der Waals surface area contributed by atoms with Crippen molar-refractivity contribution in [1.29, 1.82) is 0 Å². The van der Waals surface area contributed by atoms with Gasteiger partial charge in [0.05, 0.1) is 12.1 Å². The van der Waals surface area contributed by atoms with Crippen LogP contribution in [-0.2, 0) is 4.79 Å². The standard InChI is InChI=1S/C17H25N3O3Si/c1-5-12(19-16(22)11(18)10-24(2,3)4)15(21)17-20-13-8-6-7-9-14(13)23-17/h6-9,11-12H,5,10,18H2,1-4H3,(H,19,22)/t11-,12+/m1/s1. The van der Waals surface area contributed by atoms with Crippen molar-refractivity contribution >= 4 is 30.9 Å². The summed E-state index contributed by atoms with van der Waals surface area (Å²) < 4.78 is 5.50. The SMILES string of the molecule is CC[C@H](NC(=O)[C@H](N)C[Si](C)(C)C)C(=O)c1nc2ccccc2o1. The van der Waals surface area contributed by atoms with Gasteiger partial charge < -0.3 is 15.5 Å². The number of ketones is 1. The molecule has 1 heterocycles. The van der Waals surface area contributed by atoms with Crippen molar-refractivity contribution in [3.63, 3.8) is 0 Å². The molecule has 130 valence electrons. The van der Waals surface area contributed by atoms with E-state index in [4.69, 9.17) is 10.2 Å². The molecule has 0 saturated heterocycles. The van der Waals surface area contributed by atoms with Crippen molar-refractivity contribution in [1.82, 2.24) is 10.3 Å². The summed E-state index contributed by atoms with van der Waals surface area (Å²) in [5, 5.41) is 2.74. The highest BCUT2D eigenvalue weighted by molar-refractivity contribution is 6.76. The number of carbonyl (C=O) groups excluding carboxylic acids is 2. The number of fused-ring (bicyclic) bond motifs is 1. The Bertz CT molecular complexity index is 703. The molecule has 0 aliphatic carbocycles. The van der Waals surface area contributed by atoms with Crippen molar-refractivity contribution in [3.05, 3.63) is 30.2 Å². The summed E-state index contributed by atoms with van der Waals surface area (Å²) in [5.74, 6) is -0.613. The molecule has 0 fully saturated rings. The maximum atomic E-state index is 12.6. The van der Waals surface area contributed by atoms with Gasteiger partial charge in [-0.2, -0.15) is 0 Å². The van der Waals surface area contributed by atoms with E-state index in [-0.39, 0.29) is 17.6 Å². The van der Waals surface area contributed by atoms with Gasteiger partial charge in [0.15, 0.2) is 5.58 Å². The predicted octanol–water partition coefficient (Wildman–Crippen LogP) is 2.57. The Morgan fingerprint density at radius 2 is 1.96 bits per heavy atom. The average molecular weight is 347 g/mol. The van der Waals surface area contributed by atoms with E-state index in [9.17, 15) is 9.59 Å². The quantitative estimate of drug-likeness (QED) is 0.592. The minimum absolute atomic E-state index is 0.0158. The number of hydrogen-bond acceptors (Lipinski definition) is 5. The summed E-state index contributed by atoms with van der Waals surface area (Å²) in [4.78, 5) is 29.1. The van der Waals surface area contributed by atoms with Gasteiger partial charge in [0, 0.05) is 8.07 Å². The van der Waals surface area contributed by atoms with Gasteiger partial charge in [-0.15, -0.1) is 0 Å². The fourth-order valence-corrected chi connectivity index (χ4v) is 4.02. The van der Waals surface area contributed by atoms with Crippen LogP contribution in [0, 0.1) is 0 Å². The zero-order valence-electron chi connectivity index (χ0n) is 14.6. The minimum Gasteiger partial charge on any atom is -0.434 e. The van der Waals surface area contributed by atoms with Crippen molar-refractivity contribution in [3.8, 4) is 0 Å². The molecular formula is C17H25N3O3Si. The third-order valence-corrected chi connectivity index (χ3v) is 5.38. The van der Waals surface area contributed by atoms with Crippen molar-refractivity contribution in [2.24, 2.45) is 5.73 Å². The lowest BCUT2D eigenvalue weighted by atomic mass is 10.1. The Labute approximate surface area is 142 Å². The van der Waals surface area contributed by atoms with Crippen molar-refractivity contribution in [2.75, 3.05) is 0 Å². The van der Waals surface area contributed by atoms with Crippen LogP contribution in [0.1, 0.15) is 24.0 Å². The molecule has 0 aliphatic rings. The maximum Gasteiger partial charge on any atom is 0.266 e. The highest BCUT2D eigenvalue weighted by Crippen LogP contribution is 2.17.